The molecule has 0 bridgehead atoms. The molecule has 1 amide bonds. The fourth-order valence-corrected chi connectivity index (χ4v) is 4.42. The van der Waals surface area contributed by atoms with E-state index in [1.807, 2.05) is 31.2 Å². The Kier molecular flexibility index (Phi) is 6.98. The molecule has 1 aliphatic rings. The molecule has 4 rings (SSSR count). The molecule has 1 fully saturated rings. The van der Waals surface area contributed by atoms with Gasteiger partial charge in [-0.2, -0.15) is 0 Å². The summed E-state index contributed by atoms with van der Waals surface area (Å²) < 4.78 is 19.6. The lowest BCUT2D eigenvalue weighted by atomic mass is 10.2. The first-order valence-electron chi connectivity index (χ1n) is 9.60. The first-order valence-corrected chi connectivity index (χ1v) is 11.6. The van der Waals surface area contributed by atoms with Crippen LogP contribution in [0.3, 0.4) is 0 Å². The Balaban J connectivity index is 1.47. The van der Waals surface area contributed by atoms with Crippen LogP contribution in [0.4, 0.5) is 10.1 Å². The SMILES string of the molecule is Cc1ccc(Cl)cc1N=C1NC(=O)/C(=C/c2ccc(OCc3ccc(F)cc3)c(Br)c2)S1. The van der Waals surface area contributed by atoms with E-state index >= 15 is 0 Å². The normalized spacial score (nSPS) is 15.9. The minimum absolute atomic E-state index is 0.207. The number of aliphatic imine (C=N–C) groups is 1. The predicted octanol–water partition coefficient (Wildman–Crippen LogP) is 7.02. The van der Waals surface area contributed by atoms with E-state index in [0.717, 1.165) is 21.2 Å². The number of ether oxygens (including phenoxy) is 1. The van der Waals surface area contributed by atoms with Crippen molar-refractivity contribution in [2.24, 2.45) is 4.99 Å². The topological polar surface area (TPSA) is 50.7 Å². The molecular formula is C24H17BrClFN2O2S. The minimum Gasteiger partial charge on any atom is -0.488 e. The number of rotatable bonds is 5. The quantitative estimate of drug-likeness (QED) is 0.360. The average Bonchev–Trinajstić information content (AvgIpc) is 3.10. The van der Waals surface area contributed by atoms with Gasteiger partial charge in [0.05, 0.1) is 15.1 Å². The number of hydrogen-bond donors (Lipinski definition) is 1. The Labute approximate surface area is 202 Å². The summed E-state index contributed by atoms with van der Waals surface area (Å²) >= 11 is 10.8. The zero-order valence-electron chi connectivity index (χ0n) is 16.9. The molecule has 8 heteroatoms. The summed E-state index contributed by atoms with van der Waals surface area (Å²) in [6.45, 7) is 2.26. The van der Waals surface area contributed by atoms with Crippen molar-refractivity contribution in [2.75, 3.05) is 0 Å². The lowest BCUT2D eigenvalue weighted by Gasteiger charge is -2.09. The Hall–Kier alpha value is -2.61. The molecule has 0 unspecified atom stereocenters. The van der Waals surface area contributed by atoms with Gasteiger partial charge in [0.15, 0.2) is 5.17 Å². The molecule has 0 aliphatic carbocycles. The van der Waals surface area contributed by atoms with Crippen LogP contribution in [0.2, 0.25) is 5.02 Å². The molecule has 1 aliphatic heterocycles. The van der Waals surface area contributed by atoms with Crippen molar-refractivity contribution in [3.63, 3.8) is 0 Å². The highest BCUT2D eigenvalue weighted by Crippen LogP contribution is 2.32. The smallest absolute Gasteiger partial charge is 0.264 e. The predicted molar refractivity (Wildman–Crippen MR) is 132 cm³/mol. The number of nitrogens with one attached hydrogen (secondary N) is 1. The number of hydrogen-bond acceptors (Lipinski definition) is 4. The lowest BCUT2D eigenvalue weighted by molar-refractivity contribution is -0.115. The molecule has 32 heavy (non-hydrogen) atoms. The number of carbonyl (C=O) groups is 1. The van der Waals surface area contributed by atoms with Gasteiger partial charge in [-0.15, -0.1) is 0 Å². The third kappa shape index (κ3) is 5.59. The standard InChI is InChI=1S/C24H17BrClFN2O2S/c1-14-2-6-17(26)12-20(14)28-24-29-23(30)22(32-24)11-16-5-9-21(19(25)10-16)31-13-15-3-7-18(27)8-4-15/h2-12H,13H2,1H3,(H,28,29,30)/b22-11-. The highest BCUT2D eigenvalue weighted by molar-refractivity contribution is 9.10. The van der Waals surface area contributed by atoms with E-state index in [0.29, 0.717) is 33.1 Å². The summed E-state index contributed by atoms with van der Waals surface area (Å²) in [6.07, 6.45) is 1.79. The molecule has 1 saturated heterocycles. The number of amidine groups is 1. The lowest BCUT2D eigenvalue weighted by Crippen LogP contribution is -2.19. The van der Waals surface area contributed by atoms with Crippen LogP contribution in [0.1, 0.15) is 16.7 Å². The molecule has 1 heterocycles. The molecule has 3 aromatic rings. The van der Waals surface area contributed by atoms with Crippen molar-refractivity contribution in [1.82, 2.24) is 5.32 Å². The number of thioether (sulfide) groups is 1. The van der Waals surface area contributed by atoms with Gasteiger partial charge in [0, 0.05) is 5.02 Å². The van der Waals surface area contributed by atoms with Gasteiger partial charge in [0.25, 0.3) is 5.91 Å². The van der Waals surface area contributed by atoms with Crippen LogP contribution in [-0.4, -0.2) is 11.1 Å². The monoisotopic (exact) mass is 530 g/mol. The van der Waals surface area contributed by atoms with Crippen molar-refractivity contribution < 1.29 is 13.9 Å². The van der Waals surface area contributed by atoms with E-state index in [2.05, 4.69) is 26.2 Å². The number of halogens is 3. The van der Waals surface area contributed by atoms with E-state index in [-0.39, 0.29) is 11.7 Å². The van der Waals surface area contributed by atoms with Crippen LogP contribution in [-0.2, 0) is 11.4 Å². The molecule has 0 aromatic heterocycles. The number of aryl methyl sites for hydroxylation is 1. The summed E-state index contributed by atoms with van der Waals surface area (Å²) in [4.78, 5) is 17.5. The summed E-state index contributed by atoms with van der Waals surface area (Å²) in [5.74, 6) is 0.164. The fraction of sp³-hybridized carbons (Fsp3) is 0.0833. The number of carbonyl (C=O) groups excluding carboxylic acids is 1. The van der Waals surface area contributed by atoms with E-state index < -0.39 is 0 Å². The van der Waals surface area contributed by atoms with Crippen molar-refractivity contribution in [2.45, 2.75) is 13.5 Å². The van der Waals surface area contributed by atoms with E-state index in [1.165, 1.54) is 23.9 Å². The van der Waals surface area contributed by atoms with E-state index in [9.17, 15) is 9.18 Å². The van der Waals surface area contributed by atoms with Crippen LogP contribution in [0, 0.1) is 12.7 Å². The second-order valence-electron chi connectivity index (χ2n) is 7.02. The van der Waals surface area contributed by atoms with Crippen LogP contribution in [0.25, 0.3) is 6.08 Å². The summed E-state index contributed by atoms with van der Waals surface area (Å²) in [5, 5.41) is 3.88. The second-order valence-corrected chi connectivity index (χ2v) is 9.34. The molecule has 0 atom stereocenters. The van der Waals surface area contributed by atoms with Gasteiger partial charge in [-0.25, -0.2) is 9.38 Å². The zero-order chi connectivity index (χ0) is 22.7. The Bertz CT molecular complexity index is 1250. The van der Waals surface area contributed by atoms with Crippen LogP contribution in [0.15, 0.2) is 75.0 Å². The highest BCUT2D eigenvalue weighted by atomic mass is 79.9. The molecule has 162 valence electrons. The minimum atomic E-state index is -0.281. The molecule has 1 N–H and O–H groups in total. The molecule has 4 nitrogen and oxygen atoms in total. The summed E-state index contributed by atoms with van der Waals surface area (Å²) in [6, 6.07) is 17.2. The van der Waals surface area contributed by atoms with Crippen molar-refractivity contribution >= 4 is 62.1 Å². The summed E-state index contributed by atoms with van der Waals surface area (Å²) in [5.41, 5.74) is 3.38. The molecule has 3 aromatic carbocycles. The molecular weight excluding hydrogens is 515 g/mol. The second kappa shape index (κ2) is 9.90. The Morgan fingerprint density at radius 1 is 1.16 bits per heavy atom. The van der Waals surface area contributed by atoms with E-state index in [4.69, 9.17) is 16.3 Å². The van der Waals surface area contributed by atoms with Crippen molar-refractivity contribution in [3.05, 3.63) is 97.6 Å². The van der Waals surface area contributed by atoms with Gasteiger partial charge in [0.1, 0.15) is 18.2 Å². The molecule has 0 spiro atoms. The van der Waals surface area contributed by atoms with Gasteiger partial charge in [-0.3, -0.25) is 4.79 Å². The van der Waals surface area contributed by atoms with Crippen LogP contribution >= 0.6 is 39.3 Å². The highest BCUT2D eigenvalue weighted by Gasteiger charge is 2.24. The van der Waals surface area contributed by atoms with Crippen molar-refractivity contribution in [1.29, 1.82) is 0 Å². The Morgan fingerprint density at radius 3 is 2.69 bits per heavy atom. The fourth-order valence-electron chi connectivity index (χ4n) is 2.91. The van der Waals surface area contributed by atoms with Gasteiger partial charge in [-0.1, -0.05) is 35.9 Å². The average molecular weight is 532 g/mol. The summed E-state index contributed by atoms with van der Waals surface area (Å²) in [7, 11) is 0. The van der Waals surface area contributed by atoms with Gasteiger partial charge >= 0.3 is 0 Å². The van der Waals surface area contributed by atoms with Crippen LogP contribution < -0.4 is 10.1 Å². The van der Waals surface area contributed by atoms with E-state index in [1.54, 1.807) is 30.3 Å². The first-order chi connectivity index (χ1) is 15.4. The number of amides is 1. The van der Waals surface area contributed by atoms with Gasteiger partial charge in [-0.05, 0) is 93.8 Å². The first kappa shape index (κ1) is 22.6. The van der Waals surface area contributed by atoms with Crippen LogP contribution in [0.5, 0.6) is 5.75 Å². The maximum atomic E-state index is 13.0. The van der Waals surface area contributed by atoms with Gasteiger partial charge < -0.3 is 10.1 Å². The zero-order valence-corrected chi connectivity index (χ0v) is 20.0. The maximum Gasteiger partial charge on any atom is 0.264 e. The molecule has 0 saturated carbocycles. The van der Waals surface area contributed by atoms with Crippen molar-refractivity contribution in [3.8, 4) is 5.75 Å². The van der Waals surface area contributed by atoms with Gasteiger partial charge in [0.2, 0.25) is 0 Å². The third-order valence-corrected chi connectivity index (χ3v) is 6.37. The number of nitrogens with zero attached hydrogens (tertiary/aromatic N) is 1. The largest absolute Gasteiger partial charge is 0.488 e. The third-order valence-electron chi connectivity index (χ3n) is 4.61. The molecule has 0 radical (unpaired) electrons. The number of benzene rings is 3. The Morgan fingerprint density at radius 2 is 1.94 bits per heavy atom. The maximum absolute atomic E-state index is 13.0.